The molecule has 1 aliphatic rings. The Hall–Kier alpha value is -3.26. The highest BCUT2D eigenvalue weighted by atomic mass is 32.1. The zero-order valence-electron chi connectivity index (χ0n) is 19.8. The Morgan fingerprint density at radius 2 is 1.88 bits per heavy atom. The second kappa shape index (κ2) is 10.8. The number of benzene rings is 1. The van der Waals surface area contributed by atoms with Crippen molar-refractivity contribution < 1.29 is 23.5 Å². The number of ether oxygens (including phenoxy) is 2. The van der Waals surface area contributed by atoms with E-state index in [0.29, 0.717) is 31.0 Å². The summed E-state index contributed by atoms with van der Waals surface area (Å²) in [5.74, 6) is 1.30. The van der Waals surface area contributed by atoms with Crippen molar-refractivity contribution in [3.63, 3.8) is 0 Å². The Kier molecular flexibility index (Phi) is 7.57. The number of aryl methyl sites for hydroxylation is 1. The number of hydrogen-bond acceptors (Lipinski definition) is 6. The van der Waals surface area contributed by atoms with Gasteiger partial charge in [0.1, 0.15) is 6.54 Å². The number of methoxy groups -OCH3 is 2. The molecule has 0 saturated heterocycles. The molecule has 34 heavy (non-hydrogen) atoms. The molecule has 0 radical (unpaired) electrons. The lowest BCUT2D eigenvalue weighted by Gasteiger charge is -2.27. The van der Waals surface area contributed by atoms with Crippen LogP contribution in [-0.2, 0) is 17.8 Å². The molecular weight excluding hydrogens is 452 g/mol. The van der Waals surface area contributed by atoms with E-state index in [1.54, 1.807) is 42.6 Å². The van der Waals surface area contributed by atoms with Crippen LogP contribution >= 0.6 is 11.3 Å². The maximum absolute atomic E-state index is 13.5. The van der Waals surface area contributed by atoms with E-state index in [2.05, 4.69) is 19.1 Å². The molecule has 2 amide bonds. The Morgan fingerprint density at radius 3 is 2.50 bits per heavy atom. The summed E-state index contributed by atoms with van der Waals surface area (Å²) < 4.78 is 16.1. The van der Waals surface area contributed by atoms with Gasteiger partial charge in [-0.3, -0.25) is 9.59 Å². The molecule has 0 atom stereocenters. The van der Waals surface area contributed by atoms with Crippen molar-refractivity contribution in [1.82, 2.24) is 9.80 Å². The largest absolute Gasteiger partial charge is 0.493 e. The fourth-order valence-electron chi connectivity index (χ4n) is 3.89. The Morgan fingerprint density at radius 1 is 1.09 bits per heavy atom. The first-order chi connectivity index (χ1) is 16.5. The fraction of sp³-hybridized carbons (Fsp3) is 0.385. The van der Waals surface area contributed by atoms with Crippen LogP contribution in [0.1, 0.15) is 38.7 Å². The third-order valence-corrected chi connectivity index (χ3v) is 6.89. The van der Waals surface area contributed by atoms with E-state index in [4.69, 9.17) is 13.9 Å². The first kappa shape index (κ1) is 23.9. The van der Waals surface area contributed by atoms with Gasteiger partial charge in [0.2, 0.25) is 5.91 Å². The van der Waals surface area contributed by atoms with Crippen LogP contribution in [0.15, 0.2) is 53.1 Å². The summed E-state index contributed by atoms with van der Waals surface area (Å²) >= 11 is 1.68. The lowest BCUT2D eigenvalue weighted by Crippen LogP contribution is -2.44. The van der Waals surface area contributed by atoms with Crippen LogP contribution in [0.3, 0.4) is 0 Å². The molecule has 0 bridgehead atoms. The molecule has 1 fully saturated rings. The van der Waals surface area contributed by atoms with Crippen molar-refractivity contribution in [3.8, 4) is 11.5 Å². The first-order valence-corrected chi connectivity index (χ1v) is 12.2. The molecule has 7 nitrogen and oxygen atoms in total. The molecule has 0 spiro atoms. The number of thiophene rings is 1. The minimum absolute atomic E-state index is 0.0422. The molecule has 1 aliphatic carbocycles. The number of rotatable bonds is 11. The number of amides is 2. The van der Waals surface area contributed by atoms with Gasteiger partial charge < -0.3 is 23.7 Å². The lowest BCUT2D eigenvalue weighted by atomic mass is 10.1. The predicted octanol–water partition coefficient (Wildman–Crippen LogP) is 4.54. The molecule has 2 aromatic heterocycles. The summed E-state index contributed by atoms with van der Waals surface area (Å²) in [5.41, 5.74) is 1.04. The average molecular weight is 483 g/mol. The van der Waals surface area contributed by atoms with Gasteiger partial charge in [0.15, 0.2) is 17.3 Å². The topological polar surface area (TPSA) is 72.2 Å². The summed E-state index contributed by atoms with van der Waals surface area (Å²) in [6.07, 6.45) is 3.96. The summed E-state index contributed by atoms with van der Waals surface area (Å²) in [6.45, 7) is 3.14. The van der Waals surface area contributed by atoms with Gasteiger partial charge in [0, 0.05) is 22.3 Å². The first-order valence-electron chi connectivity index (χ1n) is 11.4. The maximum atomic E-state index is 13.5. The van der Waals surface area contributed by atoms with Crippen molar-refractivity contribution in [2.45, 2.75) is 38.8 Å². The summed E-state index contributed by atoms with van der Waals surface area (Å²) in [4.78, 5) is 32.3. The van der Waals surface area contributed by atoms with Crippen LogP contribution in [-0.4, -0.2) is 55.0 Å². The highest BCUT2D eigenvalue weighted by Crippen LogP contribution is 2.30. The van der Waals surface area contributed by atoms with Crippen molar-refractivity contribution in [2.24, 2.45) is 0 Å². The minimum atomic E-state index is -0.229. The van der Waals surface area contributed by atoms with Crippen molar-refractivity contribution in [1.29, 1.82) is 0 Å². The van der Waals surface area contributed by atoms with Gasteiger partial charge in [-0.05, 0) is 68.1 Å². The van der Waals surface area contributed by atoms with E-state index >= 15 is 0 Å². The van der Waals surface area contributed by atoms with Gasteiger partial charge in [-0.1, -0.05) is 6.07 Å². The molecule has 4 rings (SSSR count). The fourth-order valence-corrected chi connectivity index (χ4v) is 4.80. The van der Waals surface area contributed by atoms with Crippen LogP contribution in [0, 0.1) is 6.92 Å². The predicted molar refractivity (Wildman–Crippen MR) is 130 cm³/mol. The highest BCUT2D eigenvalue weighted by molar-refractivity contribution is 7.11. The second-order valence-corrected chi connectivity index (χ2v) is 9.78. The monoisotopic (exact) mass is 482 g/mol. The van der Waals surface area contributed by atoms with E-state index in [0.717, 1.165) is 23.3 Å². The Balaban J connectivity index is 1.49. The molecule has 8 heteroatoms. The van der Waals surface area contributed by atoms with E-state index < -0.39 is 0 Å². The molecule has 180 valence electrons. The number of carbonyl (C=O) groups excluding carboxylic acids is 2. The Bertz CT molecular complexity index is 1120. The lowest BCUT2D eigenvalue weighted by molar-refractivity contribution is -0.132. The van der Waals surface area contributed by atoms with Gasteiger partial charge in [0.25, 0.3) is 5.91 Å². The third kappa shape index (κ3) is 5.80. The summed E-state index contributed by atoms with van der Waals surface area (Å²) in [7, 11) is 3.22. The molecule has 1 aromatic carbocycles. The number of carbonyl (C=O) groups is 2. The second-order valence-electron chi connectivity index (χ2n) is 8.41. The van der Waals surface area contributed by atoms with E-state index in [9.17, 15) is 9.59 Å². The average Bonchev–Trinajstić information content (AvgIpc) is 3.36. The van der Waals surface area contributed by atoms with E-state index in [1.165, 1.54) is 11.1 Å². The van der Waals surface area contributed by atoms with Gasteiger partial charge in [-0.15, -0.1) is 11.3 Å². The van der Waals surface area contributed by atoms with Gasteiger partial charge >= 0.3 is 0 Å². The number of furan rings is 1. The van der Waals surface area contributed by atoms with Crippen LogP contribution in [0.2, 0.25) is 0 Å². The molecule has 2 heterocycles. The quantitative estimate of drug-likeness (QED) is 0.401. The molecule has 0 aliphatic heterocycles. The van der Waals surface area contributed by atoms with Crippen LogP contribution < -0.4 is 9.47 Å². The van der Waals surface area contributed by atoms with Crippen molar-refractivity contribution >= 4 is 23.2 Å². The molecule has 3 aromatic rings. The number of hydrogen-bond donors (Lipinski definition) is 0. The molecule has 1 saturated carbocycles. The van der Waals surface area contributed by atoms with Crippen molar-refractivity contribution in [3.05, 3.63) is 69.8 Å². The van der Waals surface area contributed by atoms with Gasteiger partial charge in [-0.25, -0.2) is 0 Å². The van der Waals surface area contributed by atoms with Crippen LogP contribution in [0.25, 0.3) is 0 Å². The Labute approximate surface area is 203 Å². The number of nitrogens with zero attached hydrogens (tertiary/aromatic N) is 2. The molecular formula is C26H30N2O5S. The zero-order valence-corrected chi connectivity index (χ0v) is 20.6. The van der Waals surface area contributed by atoms with Crippen LogP contribution in [0.5, 0.6) is 11.5 Å². The van der Waals surface area contributed by atoms with Gasteiger partial charge in [-0.2, -0.15) is 0 Å². The molecule has 0 unspecified atom stereocenters. The smallest absolute Gasteiger partial charge is 0.290 e. The van der Waals surface area contributed by atoms with Gasteiger partial charge in [0.05, 0.1) is 27.0 Å². The molecule has 0 N–H and O–H groups in total. The van der Waals surface area contributed by atoms with Crippen LogP contribution in [0.4, 0.5) is 0 Å². The SMILES string of the molecule is COc1ccc(CCN(Cc2ccc(C)s2)C(=O)CN(C(=O)c2ccco2)C2CC2)cc1OC. The summed E-state index contributed by atoms with van der Waals surface area (Å²) in [5, 5.41) is 0. The third-order valence-electron chi connectivity index (χ3n) is 5.90. The standard InChI is InChI=1S/C26H30N2O5S/c1-18-6-10-21(34-18)16-27(13-12-19-7-11-22(31-2)24(15-19)32-3)25(29)17-28(20-8-9-20)26(30)23-5-4-14-33-23/h4-7,10-11,14-15,20H,8-9,12-13,16-17H2,1-3H3. The van der Waals surface area contributed by atoms with E-state index in [1.807, 2.05) is 23.1 Å². The highest BCUT2D eigenvalue weighted by Gasteiger charge is 2.36. The maximum Gasteiger partial charge on any atom is 0.290 e. The summed E-state index contributed by atoms with van der Waals surface area (Å²) in [6, 6.07) is 13.3. The zero-order chi connectivity index (χ0) is 24.1. The van der Waals surface area contributed by atoms with E-state index in [-0.39, 0.29) is 30.2 Å². The normalized spacial score (nSPS) is 12.9. The van der Waals surface area contributed by atoms with Crippen molar-refractivity contribution in [2.75, 3.05) is 27.3 Å². The minimum Gasteiger partial charge on any atom is -0.493 e.